The van der Waals surface area contributed by atoms with Gasteiger partial charge < -0.3 is 15.5 Å². The van der Waals surface area contributed by atoms with E-state index < -0.39 is 36.5 Å². The molecule has 1 aromatic rings. The Bertz CT molecular complexity index is 784. The number of thioether (sulfide) groups is 1. The van der Waals surface area contributed by atoms with Gasteiger partial charge in [-0.1, -0.05) is 31.4 Å². The molecular weight excluding hydrogens is 418 g/mol. The van der Waals surface area contributed by atoms with Crippen molar-refractivity contribution in [2.24, 2.45) is 5.92 Å². The predicted molar refractivity (Wildman–Crippen MR) is 120 cm³/mol. The Kier molecular flexibility index (Phi) is 8.74. The highest BCUT2D eigenvalue weighted by Crippen LogP contribution is 2.34. The number of rotatable bonds is 10. The van der Waals surface area contributed by atoms with Crippen molar-refractivity contribution >= 4 is 35.3 Å². The molecule has 8 nitrogen and oxygen atoms in total. The van der Waals surface area contributed by atoms with E-state index in [2.05, 4.69) is 10.6 Å². The summed E-state index contributed by atoms with van der Waals surface area (Å²) in [7, 11) is 0. The van der Waals surface area contributed by atoms with Gasteiger partial charge in [-0.05, 0) is 50.4 Å². The van der Waals surface area contributed by atoms with E-state index in [9.17, 15) is 24.6 Å². The smallest absolute Gasteiger partial charge is 0.323 e. The van der Waals surface area contributed by atoms with Gasteiger partial charge in [0.25, 0.3) is 0 Å². The average molecular weight is 450 g/mol. The number of anilines is 1. The predicted octanol–water partition coefficient (Wildman–Crippen LogP) is 2.18. The molecule has 9 heteroatoms. The van der Waals surface area contributed by atoms with Crippen molar-refractivity contribution in [3.05, 3.63) is 24.3 Å². The zero-order valence-corrected chi connectivity index (χ0v) is 18.4. The van der Waals surface area contributed by atoms with Crippen LogP contribution in [0.4, 0.5) is 5.69 Å². The number of fused-ring (bicyclic) bond motifs is 1. The molecule has 1 saturated heterocycles. The van der Waals surface area contributed by atoms with Crippen molar-refractivity contribution in [3.63, 3.8) is 0 Å². The summed E-state index contributed by atoms with van der Waals surface area (Å²) in [6, 6.07) is 5.57. The summed E-state index contributed by atoms with van der Waals surface area (Å²) < 4.78 is 0. The maximum absolute atomic E-state index is 13.1. The van der Waals surface area contributed by atoms with E-state index in [1.165, 1.54) is 29.5 Å². The van der Waals surface area contributed by atoms with E-state index >= 15 is 0 Å². The summed E-state index contributed by atoms with van der Waals surface area (Å²) in [6.45, 7) is 1.66. The second-order valence-electron chi connectivity index (χ2n) is 8.18. The second kappa shape index (κ2) is 11.5. The van der Waals surface area contributed by atoms with E-state index in [1.807, 2.05) is 12.1 Å². The molecule has 0 bridgehead atoms. The topological polar surface area (TPSA) is 119 Å². The number of piperidine rings is 1. The van der Waals surface area contributed by atoms with Gasteiger partial charge in [0, 0.05) is 10.6 Å². The van der Waals surface area contributed by atoms with Crippen LogP contribution in [0.1, 0.15) is 38.5 Å². The first-order valence-electron chi connectivity index (χ1n) is 10.9. The van der Waals surface area contributed by atoms with Crippen molar-refractivity contribution in [1.82, 2.24) is 10.6 Å². The van der Waals surface area contributed by atoms with Crippen molar-refractivity contribution in [2.75, 3.05) is 30.3 Å². The number of carboxylic acid groups (broad SMARTS) is 2. The standard InChI is InChI=1S/C22H31N3O5S/c26-20(27)13-25-18-7-3-4-8-19(18)31-14-17(21(25)28)24-16(22(29)30)6-2-1-5-15-9-11-23-12-10-15/h3-4,7-8,15-17,23-24H,1-2,5-6,9-14H2,(H,26,27)(H,29,30)/t16-,17?/m1/s1. The molecule has 1 unspecified atom stereocenters. The number of aliphatic carboxylic acids is 2. The monoisotopic (exact) mass is 449 g/mol. The molecule has 1 amide bonds. The van der Waals surface area contributed by atoms with Crippen molar-refractivity contribution in [2.45, 2.75) is 55.5 Å². The number of nitrogens with zero attached hydrogens (tertiary/aromatic N) is 1. The maximum Gasteiger partial charge on any atom is 0.323 e. The molecule has 2 heterocycles. The molecule has 2 aliphatic heterocycles. The summed E-state index contributed by atoms with van der Waals surface area (Å²) in [4.78, 5) is 38.4. The Morgan fingerprint density at radius 2 is 1.94 bits per heavy atom. The van der Waals surface area contributed by atoms with Crippen LogP contribution in [0.15, 0.2) is 29.2 Å². The molecule has 4 N–H and O–H groups in total. The lowest BCUT2D eigenvalue weighted by Crippen LogP contribution is -2.53. The van der Waals surface area contributed by atoms with E-state index in [-0.39, 0.29) is 0 Å². The molecule has 170 valence electrons. The highest BCUT2D eigenvalue weighted by atomic mass is 32.2. The fourth-order valence-electron chi connectivity index (χ4n) is 4.24. The van der Waals surface area contributed by atoms with E-state index in [0.717, 1.165) is 37.2 Å². The van der Waals surface area contributed by atoms with Gasteiger partial charge in [0.2, 0.25) is 5.91 Å². The summed E-state index contributed by atoms with van der Waals surface area (Å²) in [5.74, 6) is -1.43. The second-order valence-corrected chi connectivity index (χ2v) is 9.25. The molecule has 1 fully saturated rings. The number of carbonyl (C=O) groups excluding carboxylic acids is 1. The first-order chi connectivity index (χ1) is 15.0. The van der Waals surface area contributed by atoms with Crippen LogP contribution in [-0.2, 0) is 14.4 Å². The molecular formula is C22H31N3O5S. The molecule has 31 heavy (non-hydrogen) atoms. The van der Waals surface area contributed by atoms with Gasteiger partial charge in [-0.3, -0.25) is 24.6 Å². The highest BCUT2D eigenvalue weighted by molar-refractivity contribution is 7.99. The van der Waals surface area contributed by atoms with Gasteiger partial charge in [-0.15, -0.1) is 11.8 Å². The third-order valence-corrected chi connectivity index (χ3v) is 7.09. The quantitative estimate of drug-likeness (QED) is 0.402. The fourth-order valence-corrected chi connectivity index (χ4v) is 5.33. The molecule has 0 spiro atoms. The number of para-hydroxylation sites is 1. The molecule has 2 atom stereocenters. The number of benzene rings is 1. The Morgan fingerprint density at radius 1 is 1.19 bits per heavy atom. The van der Waals surface area contributed by atoms with Crippen molar-refractivity contribution in [1.29, 1.82) is 0 Å². The van der Waals surface area contributed by atoms with Crippen LogP contribution in [0.25, 0.3) is 0 Å². The normalized spacial score (nSPS) is 20.7. The fraction of sp³-hybridized carbons (Fsp3) is 0.591. The van der Waals surface area contributed by atoms with Crippen LogP contribution < -0.4 is 15.5 Å². The number of carboxylic acids is 2. The van der Waals surface area contributed by atoms with Crippen LogP contribution in [0, 0.1) is 5.92 Å². The van der Waals surface area contributed by atoms with E-state index in [1.54, 1.807) is 12.1 Å². The molecule has 2 aliphatic rings. The SMILES string of the molecule is O=C(O)CN1C(=O)C(N[C@H](CCCCC2CCNCC2)C(=O)O)CSc2ccccc21. The zero-order chi connectivity index (χ0) is 22.2. The number of hydrogen-bond donors (Lipinski definition) is 4. The Balaban J connectivity index is 1.60. The Morgan fingerprint density at radius 3 is 2.65 bits per heavy atom. The van der Waals surface area contributed by atoms with Gasteiger partial charge in [0.15, 0.2) is 0 Å². The third kappa shape index (κ3) is 6.69. The number of hydrogen-bond acceptors (Lipinski definition) is 6. The van der Waals surface area contributed by atoms with E-state index in [4.69, 9.17) is 0 Å². The zero-order valence-electron chi connectivity index (χ0n) is 17.6. The molecule has 0 radical (unpaired) electrons. The van der Waals surface area contributed by atoms with Crippen molar-refractivity contribution in [3.8, 4) is 0 Å². The first-order valence-corrected chi connectivity index (χ1v) is 11.9. The highest BCUT2D eigenvalue weighted by Gasteiger charge is 2.34. The van der Waals surface area contributed by atoms with E-state index in [0.29, 0.717) is 23.8 Å². The van der Waals surface area contributed by atoms with Crippen LogP contribution in [0.2, 0.25) is 0 Å². The lowest BCUT2D eigenvalue weighted by molar-refractivity contribution is -0.140. The summed E-state index contributed by atoms with van der Waals surface area (Å²) in [5, 5.41) is 25.3. The Labute approximate surface area is 186 Å². The number of carbonyl (C=O) groups is 3. The first kappa shape index (κ1) is 23.6. The lowest BCUT2D eigenvalue weighted by Gasteiger charge is -2.26. The van der Waals surface area contributed by atoms with Crippen LogP contribution >= 0.6 is 11.8 Å². The summed E-state index contributed by atoms with van der Waals surface area (Å²) in [5.41, 5.74) is 0.554. The number of nitrogens with one attached hydrogen (secondary N) is 2. The third-order valence-electron chi connectivity index (χ3n) is 5.93. The lowest BCUT2D eigenvalue weighted by atomic mass is 9.92. The maximum atomic E-state index is 13.1. The molecule has 0 aliphatic carbocycles. The minimum Gasteiger partial charge on any atom is -0.480 e. The van der Waals surface area contributed by atoms with Gasteiger partial charge in [0.1, 0.15) is 12.6 Å². The molecule has 0 saturated carbocycles. The number of unbranched alkanes of at least 4 members (excludes halogenated alkanes) is 1. The van der Waals surface area contributed by atoms with Crippen LogP contribution in [0.5, 0.6) is 0 Å². The van der Waals surface area contributed by atoms with Crippen molar-refractivity contribution < 1.29 is 24.6 Å². The minimum atomic E-state index is -1.11. The molecule has 3 rings (SSSR count). The van der Waals surface area contributed by atoms with Crippen LogP contribution in [-0.4, -0.2) is 65.5 Å². The number of amides is 1. The average Bonchev–Trinajstić information content (AvgIpc) is 2.88. The van der Waals surface area contributed by atoms with Gasteiger partial charge in [0.05, 0.1) is 11.7 Å². The summed E-state index contributed by atoms with van der Waals surface area (Å²) >= 11 is 1.44. The largest absolute Gasteiger partial charge is 0.480 e. The van der Waals surface area contributed by atoms with Gasteiger partial charge in [-0.25, -0.2) is 0 Å². The Hall–Kier alpha value is -2.10. The molecule has 0 aromatic heterocycles. The van der Waals surface area contributed by atoms with Crippen LogP contribution in [0.3, 0.4) is 0 Å². The molecule has 1 aromatic carbocycles. The van der Waals surface area contributed by atoms with Gasteiger partial charge in [-0.2, -0.15) is 0 Å². The summed E-state index contributed by atoms with van der Waals surface area (Å²) in [6.07, 6.45) is 5.65. The minimum absolute atomic E-state index is 0.352. The van der Waals surface area contributed by atoms with Gasteiger partial charge >= 0.3 is 11.9 Å².